The molecule has 0 spiro atoms. The number of benzene rings is 1. The number of carbonyl (C=O) groups is 1. The lowest BCUT2D eigenvalue weighted by Gasteiger charge is -2.14. The number of carbonyl (C=O) groups excluding carboxylic acids is 1. The minimum atomic E-state index is -0.157. The first kappa shape index (κ1) is 19.5. The summed E-state index contributed by atoms with van der Waals surface area (Å²) in [6.07, 6.45) is 5.32. The van der Waals surface area contributed by atoms with Crippen molar-refractivity contribution in [2.24, 2.45) is 0 Å². The summed E-state index contributed by atoms with van der Waals surface area (Å²) in [5, 5.41) is 2.85. The number of nitrogens with zero attached hydrogens (tertiary/aromatic N) is 3. The van der Waals surface area contributed by atoms with Crippen molar-refractivity contribution in [3.05, 3.63) is 84.4 Å². The molecule has 148 valence electrons. The second-order valence-corrected chi connectivity index (χ2v) is 7.23. The highest BCUT2D eigenvalue weighted by Crippen LogP contribution is 2.34. The Morgan fingerprint density at radius 1 is 0.800 bits per heavy atom. The third-order valence-electron chi connectivity index (χ3n) is 4.89. The molecule has 0 saturated heterocycles. The first-order chi connectivity index (χ1) is 14.5. The lowest BCUT2D eigenvalue weighted by molar-refractivity contribution is -0.114. The maximum absolute atomic E-state index is 11.7. The first-order valence-electron chi connectivity index (χ1n) is 9.74. The Bertz CT molecular complexity index is 1220. The molecule has 5 heteroatoms. The van der Waals surface area contributed by atoms with Crippen LogP contribution < -0.4 is 5.32 Å². The molecule has 0 aliphatic carbocycles. The number of aromatic nitrogens is 3. The van der Waals surface area contributed by atoms with Gasteiger partial charge in [-0.1, -0.05) is 24.3 Å². The SMILES string of the molecule is CC(=O)Nc1ncc(-c2ccccn2)cc1-c1ccc(-c2ccnc(C)c2)c(C)c1. The van der Waals surface area contributed by atoms with Crippen LogP contribution in [0.2, 0.25) is 0 Å². The van der Waals surface area contributed by atoms with Gasteiger partial charge in [0.15, 0.2) is 0 Å². The monoisotopic (exact) mass is 394 g/mol. The van der Waals surface area contributed by atoms with Crippen LogP contribution >= 0.6 is 0 Å². The van der Waals surface area contributed by atoms with Crippen LogP contribution in [0.15, 0.2) is 73.2 Å². The molecule has 3 heterocycles. The number of hydrogen-bond donors (Lipinski definition) is 1. The van der Waals surface area contributed by atoms with Crippen molar-refractivity contribution in [1.82, 2.24) is 15.0 Å². The summed E-state index contributed by atoms with van der Waals surface area (Å²) >= 11 is 0. The molecule has 0 unspecified atom stereocenters. The van der Waals surface area contributed by atoms with E-state index in [9.17, 15) is 4.79 Å². The van der Waals surface area contributed by atoms with E-state index in [0.29, 0.717) is 5.82 Å². The van der Waals surface area contributed by atoms with Gasteiger partial charge in [-0.15, -0.1) is 0 Å². The highest BCUT2D eigenvalue weighted by atomic mass is 16.1. The van der Waals surface area contributed by atoms with E-state index in [-0.39, 0.29) is 5.91 Å². The molecular weight excluding hydrogens is 372 g/mol. The fourth-order valence-electron chi connectivity index (χ4n) is 3.49. The van der Waals surface area contributed by atoms with Gasteiger partial charge < -0.3 is 5.32 Å². The van der Waals surface area contributed by atoms with E-state index in [2.05, 4.69) is 51.5 Å². The van der Waals surface area contributed by atoms with Gasteiger partial charge in [-0.3, -0.25) is 14.8 Å². The van der Waals surface area contributed by atoms with Crippen LogP contribution in [0.4, 0.5) is 5.82 Å². The molecule has 30 heavy (non-hydrogen) atoms. The fourth-order valence-corrected chi connectivity index (χ4v) is 3.49. The van der Waals surface area contributed by atoms with Crippen molar-refractivity contribution in [2.75, 3.05) is 5.32 Å². The first-order valence-corrected chi connectivity index (χ1v) is 9.74. The lowest BCUT2D eigenvalue weighted by atomic mass is 9.95. The van der Waals surface area contributed by atoms with E-state index in [4.69, 9.17) is 0 Å². The molecule has 3 aromatic heterocycles. The molecule has 0 bridgehead atoms. The van der Waals surface area contributed by atoms with Crippen molar-refractivity contribution >= 4 is 11.7 Å². The Kier molecular flexibility index (Phi) is 5.35. The standard InChI is InChI=1S/C25H22N4O/c1-16-12-19(7-8-22(16)20-9-11-26-17(2)13-20)23-14-21(24-6-4-5-10-27-24)15-28-25(23)29-18(3)30/h4-15H,1-3H3,(H,28,29,30). The molecule has 0 aliphatic rings. The molecular formula is C25H22N4O. The van der Waals surface area contributed by atoms with Crippen LogP contribution in [0.1, 0.15) is 18.2 Å². The average Bonchev–Trinajstić information content (AvgIpc) is 2.74. The van der Waals surface area contributed by atoms with Crippen molar-refractivity contribution in [3.63, 3.8) is 0 Å². The molecule has 4 aromatic rings. The van der Waals surface area contributed by atoms with E-state index in [1.165, 1.54) is 6.92 Å². The number of rotatable bonds is 4. The number of anilines is 1. The maximum Gasteiger partial charge on any atom is 0.222 e. The zero-order chi connectivity index (χ0) is 21.1. The average molecular weight is 394 g/mol. The summed E-state index contributed by atoms with van der Waals surface area (Å²) in [6.45, 7) is 5.56. The highest BCUT2D eigenvalue weighted by molar-refractivity contribution is 5.93. The van der Waals surface area contributed by atoms with Gasteiger partial charge in [0.05, 0.1) is 5.69 Å². The van der Waals surface area contributed by atoms with Gasteiger partial charge in [0.1, 0.15) is 5.82 Å². The predicted octanol–water partition coefficient (Wildman–Crippen LogP) is 5.45. The second-order valence-electron chi connectivity index (χ2n) is 7.23. The van der Waals surface area contributed by atoms with Crippen LogP contribution in [-0.2, 0) is 4.79 Å². The van der Waals surface area contributed by atoms with Crippen molar-refractivity contribution in [2.45, 2.75) is 20.8 Å². The summed E-state index contributed by atoms with van der Waals surface area (Å²) in [6, 6.07) is 18.2. The summed E-state index contributed by atoms with van der Waals surface area (Å²) in [5.41, 5.74) is 7.97. The van der Waals surface area contributed by atoms with Crippen LogP contribution in [0.5, 0.6) is 0 Å². The van der Waals surface area contributed by atoms with Gasteiger partial charge in [0.25, 0.3) is 0 Å². The molecule has 0 fully saturated rings. The summed E-state index contributed by atoms with van der Waals surface area (Å²) in [7, 11) is 0. The number of nitrogens with one attached hydrogen (secondary N) is 1. The maximum atomic E-state index is 11.7. The Morgan fingerprint density at radius 3 is 2.33 bits per heavy atom. The Hall–Kier alpha value is -3.86. The Balaban J connectivity index is 1.81. The van der Waals surface area contributed by atoms with Crippen LogP contribution in [0, 0.1) is 13.8 Å². The van der Waals surface area contributed by atoms with Crippen molar-refractivity contribution in [3.8, 4) is 33.5 Å². The van der Waals surface area contributed by atoms with Gasteiger partial charge in [0, 0.05) is 42.3 Å². The normalized spacial score (nSPS) is 10.6. The second kappa shape index (κ2) is 8.25. The molecule has 4 rings (SSSR count). The third kappa shape index (κ3) is 4.10. The van der Waals surface area contributed by atoms with E-state index >= 15 is 0 Å². The fraction of sp³-hybridized carbons (Fsp3) is 0.120. The van der Waals surface area contributed by atoms with Crippen molar-refractivity contribution < 1.29 is 4.79 Å². The molecule has 0 atom stereocenters. The van der Waals surface area contributed by atoms with Gasteiger partial charge in [-0.25, -0.2) is 4.98 Å². The smallest absolute Gasteiger partial charge is 0.222 e. The third-order valence-corrected chi connectivity index (χ3v) is 4.89. The number of hydrogen-bond acceptors (Lipinski definition) is 4. The van der Waals surface area contributed by atoms with Gasteiger partial charge >= 0.3 is 0 Å². The van der Waals surface area contributed by atoms with Gasteiger partial charge in [-0.05, 0) is 66.4 Å². The van der Waals surface area contributed by atoms with Gasteiger partial charge in [-0.2, -0.15) is 0 Å². The summed E-state index contributed by atoms with van der Waals surface area (Å²) in [5.74, 6) is 0.379. The zero-order valence-corrected chi connectivity index (χ0v) is 17.2. The van der Waals surface area contributed by atoms with Crippen LogP contribution in [-0.4, -0.2) is 20.9 Å². The van der Waals surface area contributed by atoms with E-state index < -0.39 is 0 Å². The molecule has 0 aliphatic heterocycles. The minimum absolute atomic E-state index is 0.157. The van der Waals surface area contributed by atoms with E-state index in [1.807, 2.05) is 43.5 Å². The Labute approximate surface area is 175 Å². The molecule has 1 aromatic carbocycles. The zero-order valence-electron chi connectivity index (χ0n) is 17.2. The van der Waals surface area contributed by atoms with Crippen molar-refractivity contribution in [1.29, 1.82) is 0 Å². The van der Waals surface area contributed by atoms with Crippen LogP contribution in [0.3, 0.4) is 0 Å². The molecule has 0 radical (unpaired) electrons. The molecule has 5 nitrogen and oxygen atoms in total. The largest absolute Gasteiger partial charge is 0.310 e. The molecule has 1 N–H and O–H groups in total. The lowest BCUT2D eigenvalue weighted by Crippen LogP contribution is -2.09. The topological polar surface area (TPSA) is 67.8 Å². The van der Waals surface area contributed by atoms with E-state index in [1.54, 1.807) is 12.4 Å². The van der Waals surface area contributed by atoms with Gasteiger partial charge in [0.2, 0.25) is 5.91 Å². The molecule has 0 saturated carbocycles. The quantitative estimate of drug-likeness (QED) is 0.500. The number of aryl methyl sites for hydroxylation is 2. The highest BCUT2D eigenvalue weighted by Gasteiger charge is 2.13. The predicted molar refractivity (Wildman–Crippen MR) is 120 cm³/mol. The molecule has 1 amide bonds. The summed E-state index contributed by atoms with van der Waals surface area (Å²) in [4.78, 5) is 24.9. The Morgan fingerprint density at radius 2 is 1.63 bits per heavy atom. The van der Waals surface area contributed by atoms with Crippen LogP contribution in [0.25, 0.3) is 33.5 Å². The summed E-state index contributed by atoms with van der Waals surface area (Å²) < 4.78 is 0. The number of amides is 1. The number of pyridine rings is 3. The minimum Gasteiger partial charge on any atom is -0.310 e. The van der Waals surface area contributed by atoms with E-state index in [0.717, 1.165) is 44.8 Å².